The summed E-state index contributed by atoms with van der Waals surface area (Å²) in [6, 6.07) is 11.0. The van der Waals surface area contributed by atoms with Crippen molar-refractivity contribution >= 4 is 5.91 Å². The fourth-order valence-corrected chi connectivity index (χ4v) is 2.87. The van der Waals surface area contributed by atoms with Gasteiger partial charge in [-0.1, -0.05) is 51.1 Å². The van der Waals surface area contributed by atoms with Crippen molar-refractivity contribution in [3.8, 4) is 0 Å². The van der Waals surface area contributed by atoms with E-state index in [0.717, 1.165) is 38.9 Å². The number of amides is 1. The van der Waals surface area contributed by atoms with Crippen LogP contribution >= 0.6 is 0 Å². The van der Waals surface area contributed by atoms with Gasteiger partial charge < -0.3 is 10.2 Å². The second-order valence-electron chi connectivity index (χ2n) is 6.89. The van der Waals surface area contributed by atoms with Gasteiger partial charge in [-0.25, -0.2) is 0 Å². The van der Waals surface area contributed by atoms with Gasteiger partial charge in [-0.15, -0.1) is 0 Å². The smallest absolute Gasteiger partial charge is 0.223 e. The normalized spacial score (nSPS) is 18.4. The van der Waals surface area contributed by atoms with Crippen LogP contribution in [0.5, 0.6) is 0 Å². The number of nitrogens with zero attached hydrogens (tertiary/aromatic N) is 1. The highest BCUT2D eigenvalue weighted by Crippen LogP contribution is 2.14. The first-order chi connectivity index (χ1) is 10.6. The summed E-state index contributed by atoms with van der Waals surface area (Å²) >= 11 is 0. The SMILES string of the molecule is CC(C)C(C)C(=O)NC1CCN(CCc2ccccc2)CC1. The Labute approximate surface area is 135 Å². The third-order valence-corrected chi connectivity index (χ3v) is 4.91. The van der Waals surface area contributed by atoms with Crippen LogP contribution in [0.15, 0.2) is 30.3 Å². The molecule has 0 spiro atoms. The Hall–Kier alpha value is -1.35. The molecule has 0 radical (unpaired) electrons. The summed E-state index contributed by atoms with van der Waals surface area (Å²) in [6.07, 6.45) is 3.26. The Morgan fingerprint density at radius 1 is 1.18 bits per heavy atom. The molecule has 1 aliphatic rings. The van der Waals surface area contributed by atoms with E-state index in [0.29, 0.717) is 12.0 Å². The number of rotatable bonds is 6. The number of piperidine rings is 1. The highest BCUT2D eigenvalue weighted by molar-refractivity contribution is 5.78. The van der Waals surface area contributed by atoms with Crippen molar-refractivity contribution in [2.45, 2.75) is 46.1 Å². The Morgan fingerprint density at radius 3 is 2.41 bits per heavy atom. The molecule has 1 fully saturated rings. The van der Waals surface area contributed by atoms with E-state index < -0.39 is 0 Å². The maximum absolute atomic E-state index is 12.1. The highest BCUT2D eigenvalue weighted by atomic mass is 16.1. The van der Waals surface area contributed by atoms with Gasteiger partial charge >= 0.3 is 0 Å². The van der Waals surface area contributed by atoms with Crippen LogP contribution in [0.4, 0.5) is 0 Å². The van der Waals surface area contributed by atoms with Crippen LogP contribution in [-0.2, 0) is 11.2 Å². The monoisotopic (exact) mass is 302 g/mol. The van der Waals surface area contributed by atoms with Gasteiger partial charge in [0.1, 0.15) is 0 Å². The molecule has 1 aromatic rings. The number of carbonyl (C=O) groups is 1. The molecule has 122 valence electrons. The zero-order valence-electron chi connectivity index (χ0n) is 14.2. The van der Waals surface area contributed by atoms with E-state index in [9.17, 15) is 4.79 Å². The Bertz CT molecular complexity index is 450. The van der Waals surface area contributed by atoms with E-state index in [1.165, 1.54) is 5.56 Å². The maximum Gasteiger partial charge on any atom is 0.223 e. The van der Waals surface area contributed by atoms with Crippen molar-refractivity contribution in [3.05, 3.63) is 35.9 Å². The van der Waals surface area contributed by atoms with Crippen molar-refractivity contribution < 1.29 is 4.79 Å². The molecular formula is C19H30N2O. The first kappa shape index (κ1) is 17.0. The fraction of sp³-hybridized carbons (Fsp3) is 0.632. The van der Waals surface area contributed by atoms with Gasteiger partial charge in [0, 0.05) is 31.6 Å². The fourth-order valence-electron chi connectivity index (χ4n) is 2.87. The summed E-state index contributed by atoms with van der Waals surface area (Å²) in [5.41, 5.74) is 1.41. The molecule has 0 aliphatic carbocycles. The van der Waals surface area contributed by atoms with Crippen LogP contribution in [0.3, 0.4) is 0 Å². The van der Waals surface area contributed by atoms with Gasteiger partial charge in [-0.05, 0) is 30.7 Å². The first-order valence-electron chi connectivity index (χ1n) is 8.63. The van der Waals surface area contributed by atoms with Crippen molar-refractivity contribution in [1.29, 1.82) is 0 Å². The maximum atomic E-state index is 12.1. The number of hydrogen-bond donors (Lipinski definition) is 1. The minimum atomic E-state index is 0.108. The zero-order chi connectivity index (χ0) is 15.9. The predicted octanol–water partition coefficient (Wildman–Crippen LogP) is 3.10. The van der Waals surface area contributed by atoms with E-state index in [-0.39, 0.29) is 11.8 Å². The molecule has 1 amide bonds. The lowest BCUT2D eigenvalue weighted by Gasteiger charge is -2.33. The molecule has 3 heteroatoms. The van der Waals surface area contributed by atoms with E-state index >= 15 is 0 Å². The lowest BCUT2D eigenvalue weighted by Crippen LogP contribution is -2.46. The molecular weight excluding hydrogens is 272 g/mol. The van der Waals surface area contributed by atoms with Crippen LogP contribution in [-0.4, -0.2) is 36.5 Å². The molecule has 0 aromatic heterocycles. The Morgan fingerprint density at radius 2 is 1.82 bits per heavy atom. The molecule has 0 saturated carbocycles. The summed E-state index contributed by atoms with van der Waals surface area (Å²) in [7, 11) is 0. The quantitative estimate of drug-likeness (QED) is 0.876. The molecule has 1 atom stereocenters. The van der Waals surface area contributed by atoms with Gasteiger partial charge in [0.2, 0.25) is 5.91 Å². The van der Waals surface area contributed by atoms with Crippen LogP contribution < -0.4 is 5.32 Å². The van der Waals surface area contributed by atoms with Gasteiger partial charge in [-0.3, -0.25) is 4.79 Å². The third-order valence-electron chi connectivity index (χ3n) is 4.91. The molecule has 1 heterocycles. The molecule has 1 N–H and O–H groups in total. The lowest BCUT2D eigenvalue weighted by molar-refractivity contribution is -0.126. The van der Waals surface area contributed by atoms with Crippen molar-refractivity contribution in [1.82, 2.24) is 10.2 Å². The number of likely N-dealkylation sites (tertiary alicyclic amines) is 1. The summed E-state index contributed by atoms with van der Waals surface area (Å²) in [5.74, 6) is 0.736. The predicted molar refractivity (Wildman–Crippen MR) is 91.8 cm³/mol. The molecule has 1 aromatic carbocycles. The van der Waals surface area contributed by atoms with Crippen molar-refractivity contribution in [2.24, 2.45) is 11.8 Å². The molecule has 1 unspecified atom stereocenters. The highest BCUT2D eigenvalue weighted by Gasteiger charge is 2.23. The summed E-state index contributed by atoms with van der Waals surface area (Å²) in [5, 5.41) is 3.23. The van der Waals surface area contributed by atoms with E-state index in [4.69, 9.17) is 0 Å². The Balaban J connectivity index is 1.68. The van der Waals surface area contributed by atoms with Crippen LogP contribution in [0.25, 0.3) is 0 Å². The summed E-state index contributed by atoms with van der Waals surface area (Å²) < 4.78 is 0. The molecule has 0 bridgehead atoms. The largest absolute Gasteiger partial charge is 0.353 e. The van der Waals surface area contributed by atoms with Gasteiger partial charge in [0.05, 0.1) is 0 Å². The second-order valence-corrected chi connectivity index (χ2v) is 6.89. The van der Waals surface area contributed by atoms with Crippen LogP contribution in [0.2, 0.25) is 0 Å². The molecule has 22 heavy (non-hydrogen) atoms. The van der Waals surface area contributed by atoms with Crippen LogP contribution in [0.1, 0.15) is 39.2 Å². The van der Waals surface area contributed by atoms with Gasteiger partial charge in [-0.2, -0.15) is 0 Å². The van der Waals surface area contributed by atoms with E-state index in [1.54, 1.807) is 0 Å². The minimum absolute atomic E-state index is 0.108. The average Bonchev–Trinajstić information content (AvgIpc) is 2.54. The first-order valence-corrected chi connectivity index (χ1v) is 8.63. The van der Waals surface area contributed by atoms with Crippen molar-refractivity contribution in [3.63, 3.8) is 0 Å². The van der Waals surface area contributed by atoms with E-state index in [2.05, 4.69) is 54.4 Å². The summed E-state index contributed by atoms with van der Waals surface area (Å²) in [4.78, 5) is 14.6. The van der Waals surface area contributed by atoms with Gasteiger partial charge in [0.15, 0.2) is 0 Å². The number of hydrogen-bond acceptors (Lipinski definition) is 2. The number of carbonyl (C=O) groups excluding carboxylic acids is 1. The summed E-state index contributed by atoms with van der Waals surface area (Å²) in [6.45, 7) is 9.54. The molecule has 1 saturated heterocycles. The molecule has 2 rings (SSSR count). The molecule has 1 aliphatic heterocycles. The third kappa shape index (κ3) is 5.13. The second kappa shape index (κ2) is 8.33. The zero-order valence-corrected chi connectivity index (χ0v) is 14.2. The number of nitrogens with one attached hydrogen (secondary N) is 1. The standard InChI is InChI=1S/C19H30N2O/c1-15(2)16(3)19(22)20-18-10-13-21(14-11-18)12-9-17-7-5-4-6-8-17/h4-8,15-16,18H,9-14H2,1-3H3,(H,20,22). The average molecular weight is 302 g/mol. The lowest BCUT2D eigenvalue weighted by atomic mass is 9.96. The van der Waals surface area contributed by atoms with Crippen molar-refractivity contribution in [2.75, 3.05) is 19.6 Å². The topological polar surface area (TPSA) is 32.3 Å². The number of benzene rings is 1. The Kier molecular flexibility index (Phi) is 6.44. The van der Waals surface area contributed by atoms with Crippen LogP contribution in [0, 0.1) is 11.8 Å². The minimum Gasteiger partial charge on any atom is -0.353 e. The molecule has 3 nitrogen and oxygen atoms in total. The van der Waals surface area contributed by atoms with E-state index in [1.807, 2.05) is 6.92 Å². The van der Waals surface area contributed by atoms with Gasteiger partial charge in [0.25, 0.3) is 0 Å².